The van der Waals surface area contributed by atoms with E-state index in [1.165, 1.54) is 0 Å². The van der Waals surface area contributed by atoms with E-state index >= 15 is 0 Å². The van der Waals surface area contributed by atoms with Gasteiger partial charge in [0.1, 0.15) is 11.9 Å². The number of rotatable bonds is 9. The summed E-state index contributed by atoms with van der Waals surface area (Å²) >= 11 is 5.43. The molecule has 1 aromatic rings. The fourth-order valence-electron chi connectivity index (χ4n) is 5.54. The molecule has 0 radical (unpaired) electrons. The average molecular weight is 562 g/mol. The Morgan fingerprint density at radius 2 is 1.92 bits per heavy atom. The van der Waals surface area contributed by atoms with E-state index in [4.69, 9.17) is 21.9 Å². The van der Waals surface area contributed by atoms with Gasteiger partial charge in [0.05, 0.1) is 35.7 Å². The quantitative estimate of drug-likeness (QED) is 0.452. The van der Waals surface area contributed by atoms with Crippen molar-refractivity contribution in [2.75, 3.05) is 36.9 Å². The minimum atomic E-state index is -3.65. The van der Waals surface area contributed by atoms with Gasteiger partial charge in [0.25, 0.3) is 0 Å². The molecule has 1 saturated carbocycles. The van der Waals surface area contributed by atoms with Crippen LogP contribution in [0.1, 0.15) is 75.1 Å². The third-order valence-electron chi connectivity index (χ3n) is 7.56. The number of nitrogens with one attached hydrogen (secondary N) is 1. The normalized spacial score (nSPS) is 19.0. The van der Waals surface area contributed by atoms with E-state index in [1.807, 2.05) is 11.8 Å². The molecule has 1 aliphatic carbocycles. The Balaban J connectivity index is 1.47. The van der Waals surface area contributed by atoms with Crippen LogP contribution >= 0.6 is 12.2 Å². The molecule has 0 atom stereocenters. The van der Waals surface area contributed by atoms with Gasteiger partial charge in [0.2, 0.25) is 21.8 Å². The largest absolute Gasteiger partial charge is 0.483 e. The number of aromatic nitrogens is 1. The van der Waals surface area contributed by atoms with Crippen molar-refractivity contribution in [3.8, 4) is 6.07 Å². The fourth-order valence-corrected chi connectivity index (χ4v) is 7.35. The van der Waals surface area contributed by atoms with Crippen LogP contribution in [0.2, 0.25) is 0 Å². The highest BCUT2D eigenvalue weighted by Gasteiger charge is 2.32. The standard InChI is InChI=1S/C26H35N5O5S2/c1-2-36-26(37)21-14-20(15-27)24(28-22(21)16-31-11-5-8-23(31)32)30-12-9-19(10-13-30)25(33)29-38(34,35)17-18-6-3-4-7-18/h14,18-19H,2-13,16-17H2,1H3,(H,29,33). The van der Waals surface area contributed by atoms with Crippen molar-refractivity contribution in [3.63, 3.8) is 0 Å². The highest BCUT2D eigenvalue weighted by atomic mass is 32.2. The van der Waals surface area contributed by atoms with E-state index in [0.29, 0.717) is 68.1 Å². The number of carbonyl (C=O) groups excluding carboxylic acids is 2. The van der Waals surface area contributed by atoms with Crippen LogP contribution < -0.4 is 9.62 Å². The van der Waals surface area contributed by atoms with Crippen molar-refractivity contribution < 1.29 is 22.7 Å². The highest BCUT2D eigenvalue weighted by Crippen LogP contribution is 2.29. The molecule has 1 N–H and O–H groups in total. The van der Waals surface area contributed by atoms with Crippen LogP contribution in [0.15, 0.2) is 6.07 Å². The molecular weight excluding hydrogens is 526 g/mol. The van der Waals surface area contributed by atoms with Gasteiger partial charge in [-0.1, -0.05) is 12.8 Å². The van der Waals surface area contributed by atoms with Crippen LogP contribution in [0.25, 0.3) is 0 Å². The molecule has 2 amide bonds. The van der Waals surface area contributed by atoms with Gasteiger partial charge in [-0.25, -0.2) is 13.4 Å². The van der Waals surface area contributed by atoms with Crippen molar-refractivity contribution >= 4 is 44.9 Å². The number of hydrogen-bond donors (Lipinski definition) is 1. The summed E-state index contributed by atoms with van der Waals surface area (Å²) < 4.78 is 32.9. The van der Waals surface area contributed by atoms with Crippen molar-refractivity contribution in [1.82, 2.24) is 14.6 Å². The monoisotopic (exact) mass is 561 g/mol. The van der Waals surface area contributed by atoms with Crippen LogP contribution in [0, 0.1) is 23.2 Å². The van der Waals surface area contributed by atoms with Gasteiger partial charge in [0.15, 0.2) is 5.05 Å². The van der Waals surface area contributed by atoms with E-state index in [0.717, 1.165) is 32.1 Å². The van der Waals surface area contributed by atoms with Gasteiger partial charge in [-0.3, -0.25) is 14.3 Å². The first-order chi connectivity index (χ1) is 18.2. The number of piperidine rings is 1. The molecule has 3 fully saturated rings. The van der Waals surface area contributed by atoms with Gasteiger partial charge >= 0.3 is 0 Å². The maximum absolute atomic E-state index is 12.8. The van der Waals surface area contributed by atoms with Crippen molar-refractivity contribution in [2.24, 2.45) is 11.8 Å². The zero-order valence-electron chi connectivity index (χ0n) is 21.8. The van der Waals surface area contributed by atoms with E-state index in [1.54, 1.807) is 11.0 Å². The molecule has 0 unspecified atom stereocenters. The number of amides is 2. The zero-order valence-corrected chi connectivity index (χ0v) is 23.4. The van der Waals surface area contributed by atoms with E-state index in [-0.39, 0.29) is 29.2 Å². The lowest BCUT2D eigenvalue weighted by atomic mass is 9.96. The van der Waals surface area contributed by atoms with E-state index in [9.17, 15) is 23.3 Å². The number of carbonyl (C=O) groups is 2. The second-order valence-electron chi connectivity index (χ2n) is 10.3. The number of sulfonamides is 1. The van der Waals surface area contributed by atoms with Crippen molar-refractivity contribution in [2.45, 2.75) is 64.8 Å². The molecule has 0 aromatic carbocycles. The maximum Gasteiger partial charge on any atom is 0.236 e. The number of hydrogen-bond acceptors (Lipinski definition) is 9. The summed E-state index contributed by atoms with van der Waals surface area (Å²) in [5.41, 5.74) is 1.44. The Morgan fingerprint density at radius 3 is 2.53 bits per heavy atom. The molecule has 10 nitrogen and oxygen atoms in total. The maximum atomic E-state index is 12.8. The smallest absolute Gasteiger partial charge is 0.236 e. The Hall–Kier alpha value is -2.78. The van der Waals surface area contributed by atoms with Gasteiger partial charge in [-0.2, -0.15) is 5.26 Å². The number of anilines is 1. The molecular formula is C26H35N5O5S2. The summed E-state index contributed by atoms with van der Waals surface area (Å²) in [6.45, 7) is 4.00. The van der Waals surface area contributed by atoms with Crippen LogP contribution in [0.5, 0.6) is 0 Å². The minimum Gasteiger partial charge on any atom is -0.483 e. The van der Waals surface area contributed by atoms with Crippen molar-refractivity contribution in [3.05, 3.63) is 22.9 Å². The first-order valence-corrected chi connectivity index (χ1v) is 15.4. The van der Waals surface area contributed by atoms with Gasteiger partial charge < -0.3 is 14.5 Å². The molecule has 38 heavy (non-hydrogen) atoms. The average Bonchev–Trinajstić information content (AvgIpc) is 3.54. The molecule has 4 rings (SSSR count). The molecule has 0 spiro atoms. The fraction of sp³-hybridized carbons (Fsp3) is 0.654. The van der Waals surface area contributed by atoms with Crippen LogP contribution in [0.3, 0.4) is 0 Å². The number of nitriles is 1. The van der Waals surface area contributed by atoms with Gasteiger partial charge in [-0.15, -0.1) is 0 Å². The van der Waals surface area contributed by atoms with Crippen LogP contribution in [-0.2, 0) is 30.9 Å². The molecule has 12 heteroatoms. The highest BCUT2D eigenvalue weighted by molar-refractivity contribution is 7.90. The molecule has 2 saturated heterocycles. The summed E-state index contributed by atoms with van der Waals surface area (Å²) in [6.07, 6.45) is 6.04. The number of nitrogens with zero attached hydrogens (tertiary/aromatic N) is 4. The first kappa shape index (κ1) is 28.2. The second kappa shape index (κ2) is 12.4. The Kier molecular flexibility index (Phi) is 9.20. The lowest BCUT2D eigenvalue weighted by Crippen LogP contribution is -2.44. The number of thiocarbonyl (C=S) groups is 1. The molecule has 2 aliphatic heterocycles. The number of likely N-dealkylation sites (tertiary alicyclic amines) is 1. The molecule has 1 aromatic heterocycles. The lowest BCUT2D eigenvalue weighted by molar-refractivity contribution is -0.128. The third-order valence-corrected chi connectivity index (χ3v) is 9.32. The molecule has 206 valence electrons. The predicted molar refractivity (Wildman–Crippen MR) is 146 cm³/mol. The first-order valence-electron chi connectivity index (χ1n) is 13.4. The molecule has 3 heterocycles. The zero-order chi connectivity index (χ0) is 27.3. The molecule has 3 aliphatic rings. The van der Waals surface area contributed by atoms with E-state index in [2.05, 4.69) is 10.8 Å². The van der Waals surface area contributed by atoms with Crippen molar-refractivity contribution in [1.29, 1.82) is 5.26 Å². The second-order valence-corrected chi connectivity index (χ2v) is 12.4. The summed E-state index contributed by atoms with van der Waals surface area (Å²) in [4.78, 5) is 33.5. The SMILES string of the molecule is CCOC(=S)c1cc(C#N)c(N2CCC(C(=O)NS(=O)(=O)CC3CCCC3)CC2)nc1CN1CCCC1=O. The lowest BCUT2D eigenvalue weighted by Gasteiger charge is -2.33. The summed E-state index contributed by atoms with van der Waals surface area (Å²) in [7, 11) is -3.65. The van der Waals surface area contributed by atoms with Crippen LogP contribution in [-0.4, -0.2) is 67.2 Å². The predicted octanol–water partition coefficient (Wildman–Crippen LogP) is 2.64. The Bertz CT molecular complexity index is 1220. The Morgan fingerprint density at radius 1 is 1.21 bits per heavy atom. The Labute approximate surface area is 229 Å². The number of pyridine rings is 1. The third kappa shape index (κ3) is 6.80. The number of ether oxygens (including phenoxy) is 1. The summed E-state index contributed by atoms with van der Waals surface area (Å²) in [5, 5.41) is 10.1. The van der Waals surface area contributed by atoms with Gasteiger partial charge in [0, 0.05) is 32.0 Å². The minimum absolute atomic E-state index is 0.00525. The van der Waals surface area contributed by atoms with E-state index < -0.39 is 21.8 Å². The molecule has 0 bridgehead atoms. The van der Waals surface area contributed by atoms with Crippen LogP contribution in [0.4, 0.5) is 5.82 Å². The topological polar surface area (TPSA) is 133 Å². The summed E-state index contributed by atoms with van der Waals surface area (Å²) in [5.74, 6) is -0.221. The summed E-state index contributed by atoms with van der Waals surface area (Å²) in [6, 6.07) is 3.87. The van der Waals surface area contributed by atoms with Gasteiger partial charge in [-0.05, 0) is 63.2 Å².